The highest BCUT2D eigenvalue weighted by Crippen LogP contribution is 2.46. The van der Waals surface area contributed by atoms with Crippen LogP contribution in [0.3, 0.4) is 0 Å². The summed E-state index contributed by atoms with van der Waals surface area (Å²) < 4.78 is 0. The zero-order chi connectivity index (χ0) is 10.2. The second-order valence-electron chi connectivity index (χ2n) is 3.94. The van der Waals surface area contributed by atoms with Crippen LogP contribution in [0.1, 0.15) is 59.3 Å². The Hall–Kier alpha value is 0.860. The summed E-state index contributed by atoms with van der Waals surface area (Å²) in [5.74, 6) is 0. The Kier molecular flexibility index (Phi) is 8.73. The third-order valence-corrected chi connectivity index (χ3v) is 5.54. The SMILES string of the molecule is CCCCC(P)(CCC)PCCC. The van der Waals surface area contributed by atoms with Gasteiger partial charge in [0.1, 0.15) is 0 Å². The van der Waals surface area contributed by atoms with Gasteiger partial charge in [-0.1, -0.05) is 46.5 Å². The van der Waals surface area contributed by atoms with Crippen molar-refractivity contribution in [2.75, 3.05) is 6.16 Å². The van der Waals surface area contributed by atoms with E-state index in [0.717, 1.165) is 8.58 Å². The van der Waals surface area contributed by atoms with Crippen LogP contribution in [-0.4, -0.2) is 11.1 Å². The van der Waals surface area contributed by atoms with Crippen LogP contribution in [0.4, 0.5) is 0 Å². The molecule has 0 saturated carbocycles. The number of hydrogen-bond donors (Lipinski definition) is 0. The molecule has 0 aromatic heterocycles. The molecule has 0 radical (unpaired) electrons. The maximum absolute atomic E-state index is 3.15. The molecule has 0 saturated heterocycles. The highest BCUT2D eigenvalue weighted by molar-refractivity contribution is 7.51. The van der Waals surface area contributed by atoms with E-state index in [1.54, 1.807) is 0 Å². The summed E-state index contributed by atoms with van der Waals surface area (Å²) in [6, 6.07) is 0. The van der Waals surface area contributed by atoms with E-state index in [0.29, 0.717) is 4.90 Å². The van der Waals surface area contributed by atoms with Crippen molar-refractivity contribution >= 4 is 17.8 Å². The molecule has 0 heterocycles. The topological polar surface area (TPSA) is 0 Å². The Bertz CT molecular complexity index is 105. The van der Waals surface area contributed by atoms with Gasteiger partial charge in [-0.2, -0.15) is 0 Å². The molecule has 2 heteroatoms. The summed E-state index contributed by atoms with van der Waals surface area (Å²) >= 11 is 0. The lowest BCUT2D eigenvalue weighted by Crippen LogP contribution is -2.14. The smallest absolute Gasteiger partial charge is 0.00213 e. The molecule has 0 amide bonds. The average Bonchev–Trinajstić information content (AvgIpc) is 2.12. The Morgan fingerprint density at radius 2 is 1.69 bits per heavy atom. The minimum Gasteiger partial charge on any atom is -0.127 e. The van der Waals surface area contributed by atoms with Gasteiger partial charge in [-0.25, -0.2) is 0 Å². The van der Waals surface area contributed by atoms with Crippen molar-refractivity contribution in [3.8, 4) is 0 Å². The van der Waals surface area contributed by atoms with Crippen molar-refractivity contribution in [3.05, 3.63) is 0 Å². The summed E-state index contributed by atoms with van der Waals surface area (Å²) in [6.45, 7) is 6.89. The van der Waals surface area contributed by atoms with Crippen molar-refractivity contribution in [2.45, 2.75) is 64.2 Å². The summed E-state index contributed by atoms with van der Waals surface area (Å²) in [5, 5.41) is 0. The second kappa shape index (κ2) is 8.19. The highest BCUT2D eigenvalue weighted by atomic mass is 31.1. The zero-order valence-corrected chi connectivity index (χ0v) is 11.7. The van der Waals surface area contributed by atoms with Crippen LogP contribution in [-0.2, 0) is 0 Å². The molecular formula is C11H26P2. The van der Waals surface area contributed by atoms with E-state index in [4.69, 9.17) is 0 Å². The zero-order valence-electron chi connectivity index (χ0n) is 9.53. The van der Waals surface area contributed by atoms with E-state index in [-0.39, 0.29) is 0 Å². The molecule has 3 atom stereocenters. The summed E-state index contributed by atoms with van der Waals surface area (Å²) in [6.07, 6.45) is 9.68. The fourth-order valence-electron chi connectivity index (χ4n) is 1.61. The van der Waals surface area contributed by atoms with Crippen molar-refractivity contribution in [2.24, 2.45) is 0 Å². The second-order valence-corrected chi connectivity index (χ2v) is 7.47. The molecule has 0 aliphatic heterocycles. The molecular weight excluding hydrogens is 194 g/mol. The van der Waals surface area contributed by atoms with E-state index < -0.39 is 0 Å². The molecule has 0 aliphatic rings. The van der Waals surface area contributed by atoms with E-state index in [1.807, 2.05) is 0 Å². The molecule has 0 spiro atoms. The standard InChI is InChI=1S/C11H26P2/c1-4-7-9-11(12,8-5-2)13-10-6-3/h13H,4-10,12H2,1-3H3. The molecule has 0 rings (SSSR count). The molecule has 0 nitrogen and oxygen atoms in total. The van der Waals surface area contributed by atoms with Gasteiger partial charge in [0.05, 0.1) is 0 Å². The lowest BCUT2D eigenvalue weighted by atomic mass is 10.1. The van der Waals surface area contributed by atoms with Crippen LogP contribution < -0.4 is 0 Å². The Morgan fingerprint density at radius 3 is 2.15 bits per heavy atom. The molecule has 3 unspecified atom stereocenters. The number of unbranched alkanes of at least 4 members (excludes halogenated alkanes) is 1. The van der Waals surface area contributed by atoms with Crippen LogP contribution in [0, 0.1) is 0 Å². The maximum Gasteiger partial charge on any atom is 0.00213 e. The summed E-state index contributed by atoms with van der Waals surface area (Å²) in [5.41, 5.74) is 0. The first-order chi connectivity index (χ1) is 6.18. The average molecular weight is 220 g/mol. The predicted octanol–water partition coefficient (Wildman–Crippen LogP) is 4.64. The minimum atomic E-state index is 0.598. The Balaban J connectivity index is 3.84. The van der Waals surface area contributed by atoms with Gasteiger partial charge < -0.3 is 0 Å². The van der Waals surface area contributed by atoms with Gasteiger partial charge in [0.15, 0.2) is 0 Å². The van der Waals surface area contributed by atoms with Crippen molar-refractivity contribution in [1.82, 2.24) is 0 Å². The molecule has 0 N–H and O–H groups in total. The third-order valence-electron chi connectivity index (χ3n) is 2.40. The third kappa shape index (κ3) is 6.87. The first-order valence-corrected chi connectivity index (χ1v) is 7.51. The van der Waals surface area contributed by atoms with Crippen LogP contribution >= 0.6 is 17.8 Å². The number of hydrogen-bond acceptors (Lipinski definition) is 0. The molecule has 0 aromatic rings. The fourth-order valence-corrected chi connectivity index (χ4v) is 4.07. The van der Waals surface area contributed by atoms with Gasteiger partial charge in [-0.05, 0) is 19.0 Å². The first-order valence-electron chi connectivity index (χ1n) is 5.72. The normalized spacial score (nSPS) is 16.6. The van der Waals surface area contributed by atoms with Gasteiger partial charge in [-0.15, -0.1) is 17.8 Å². The van der Waals surface area contributed by atoms with Crippen LogP contribution in [0.15, 0.2) is 0 Å². The highest BCUT2D eigenvalue weighted by Gasteiger charge is 2.21. The largest absolute Gasteiger partial charge is 0.127 e. The summed E-state index contributed by atoms with van der Waals surface area (Å²) in [7, 11) is 4.30. The quantitative estimate of drug-likeness (QED) is 0.523. The van der Waals surface area contributed by atoms with Crippen LogP contribution in [0.2, 0.25) is 0 Å². The molecule has 13 heavy (non-hydrogen) atoms. The van der Waals surface area contributed by atoms with Crippen LogP contribution in [0.25, 0.3) is 0 Å². The van der Waals surface area contributed by atoms with Gasteiger partial charge >= 0.3 is 0 Å². The van der Waals surface area contributed by atoms with Gasteiger partial charge in [-0.3, -0.25) is 0 Å². The van der Waals surface area contributed by atoms with Crippen LogP contribution in [0.5, 0.6) is 0 Å². The monoisotopic (exact) mass is 220 g/mol. The van der Waals surface area contributed by atoms with Crippen molar-refractivity contribution < 1.29 is 0 Å². The van der Waals surface area contributed by atoms with E-state index in [2.05, 4.69) is 30.0 Å². The molecule has 80 valence electrons. The summed E-state index contributed by atoms with van der Waals surface area (Å²) in [4.78, 5) is 0.598. The van der Waals surface area contributed by atoms with Crippen molar-refractivity contribution in [1.29, 1.82) is 0 Å². The fraction of sp³-hybridized carbons (Fsp3) is 1.00. The molecule has 0 bridgehead atoms. The molecule has 0 aliphatic carbocycles. The number of rotatable bonds is 8. The Labute approximate surface area is 88.6 Å². The maximum atomic E-state index is 3.15. The first kappa shape index (κ1) is 13.9. The van der Waals surface area contributed by atoms with E-state index in [1.165, 1.54) is 44.7 Å². The van der Waals surface area contributed by atoms with E-state index in [9.17, 15) is 0 Å². The van der Waals surface area contributed by atoms with Crippen molar-refractivity contribution in [3.63, 3.8) is 0 Å². The van der Waals surface area contributed by atoms with E-state index >= 15 is 0 Å². The van der Waals surface area contributed by atoms with Gasteiger partial charge in [0, 0.05) is 4.90 Å². The predicted molar refractivity (Wildman–Crippen MR) is 70.3 cm³/mol. The van der Waals surface area contributed by atoms with Gasteiger partial charge in [0.2, 0.25) is 0 Å². The molecule has 0 fully saturated rings. The van der Waals surface area contributed by atoms with Gasteiger partial charge in [0.25, 0.3) is 0 Å². The molecule has 0 aromatic carbocycles. The Morgan fingerprint density at radius 1 is 1.00 bits per heavy atom. The lowest BCUT2D eigenvalue weighted by molar-refractivity contribution is 0.600. The lowest BCUT2D eigenvalue weighted by Gasteiger charge is -2.29. The minimum absolute atomic E-state index is 0.598.